The Morgan fingerprint density at radius 3 is 2.45 bits per heavy atom. The van der Waals surface area contributed by atoms with Gasteiger partial charge in [0.2, 0.25) is 5.88 Å². The van der Waals surface area contributed by atoms with Gasteiger partial charge >= 0.3 is 0 Å². The van der Waals surface area contributed by atoms with Crippen LogP contribution in [0.3, 0.4) is 0 Å². The molecule has 4 heterocycles. The second kappa shape index (κ2) is 8.49. The highest BCUT2D eigenvalue weighted by Crippen LogP contribution is 2.30. The van der Waals surface area contributed by atoms with E-state index in [2.05, 4.69) is 27.6 Å². The van der Waals surface area contributed by atoms with E-state index in [1.807, 2.05) is 42.5 Å². The fraction of sp³-hybridized carbons (Fsp3) is 0.118. The Morgan fingerprint density at radius 1 is 1.00 bits per heavy atom. The number of nitrogens with zero attached hydrogens (tertiary/aromatic N) is 3. The van der Waals surface area contributed by atoms with E-state index in [0.29, 0.717) is 19.0 Å². The average Bonchev–Trinajstić information content (AvgIpc) is 3.17. The number of benzene rings is 2. The molecule has 0 unspecified atom stereocenters. The molecule has 0 N–H and O–H groups in total. The molecule has 136 valence electrons. The first-order valence-electron chi connectivity index (χ1n) is 10.5. The summed E-state index contributed by atoms with van der Waals surface area (Å²) in [4.78, 5) is 0. The summed E-state index contributed by atoms with van der Waals surface area (Å²) in [6.45, 7) is 1.19. The molecule has 0 amide bonds. The molecule has 3 fully saturated rings. The molecule has 3 aromatic rings. The molecule has 4 nitrogen and oxygen atoms in total. The van der Waals surface area contributed by atoms with Gasteiger partial charge in [0, 0.05) is 24.0 Å². The van der Waals surface area contributed by atoms with Gasteiger partial charge in [-0.25, -0.2) is 0 Å². The van der Waals surface area contributed by atoms with Crippen LogP contribution < -0.4 is 4.74 Å². The topological polar surface area (TPSA) is 30.3 Å². The van der Waals surface area contributed by atoms with Gasteiger partial charge in [0.15, 0.2) is 0 Å². The van der Waals surface area contributed by atoms with Crippen molar-refractivity contribution in [2.45, 2.75) is 13.1 Å². The van der Waals surface area contributed by atoms with Gasteiger partial charge in [-0.2, -0.15) is 0 Å². The van der Waals surface area contributed by atoms with Gasteiger partial charge in [-0.05, 0) is 23.3 Å². The van der Waals surface area contributed by atoms with Crippen LogP contribution in [0.1, 0.15) is 5.56 Å². The first kappa shape index (κ1) is 19.1. The number of hydrogen-bond acceptors (Lipinski definition) is 3. The second-order valence-corrected chi connectivity index (χ2v) is 8.69. The van der Waals surface area contributed by atoms with Crippen molar-refractivity contribution in [2.24, 2.45) is 0 Å². The number of rotatable bonds is 6. The molecule has 2 aromatic carbocycles. The molecule has 0 radical (unpaired) electrons. The summed E-state index contributed by atoms with van der Waals surface area (Å²) in [6.07, 6.45) is 3.93. The lowest BCUT2D eigenvalue weighted by Gasteiger charge is -2.40. The largest absolute Gasteiger partial charge is 0.471 e. The minimum absolute atomic E-state index is 0.512. The second-order valence-electron chi connectivity index (χ2n) is 8.25. The molecule has 0 saturated carbocycles. The van der Waals surface area contributed by atoms with Crippen LogP contribution in [-0.4, -0.2) is 63.3 Å². The van der Waals surface area contributed by atoms with Crippen molar-refractivity contribution >= 4 is 60.5 Å². The average molecular weight is 392 g/mol. The summed E-state index contributed by atoms with van der Waals surface area (Å²) in [5, 5.41) is 5.58. The Kier molecular flexibility index (Phi) is 5.60. The molecular weight excluding hydrogens is 373 g/mol. The van der Waals surface area contributed by atoms with Crippen molar-refractivity contribution in [1.82, 2.24) is 14.4 Å². The maximum atomic E-state index is 6.16. The molecule has 2 bridgehead atoms. The van der Waals surface area contributed by atoms with Gasteiger partial charge in [0.25, 0.3) is 0 Å². The van der Waals surface area contributed by atoms with Crippen molar-refractivity contribution in [3.8, 4) is 17.0 Å². The fourth-order valence-corrected chi connectivity index (χ4v) is 4.82. The smallest absolute Gasteiger partial charge is 0.241 e. The third kappa shape index (κ3) is 4.36. The Labute approximate surface area is 181 Å². The zero-order chi connectivity index (χ0) is 19.6. The van der Waals surface area contributed by atoms with Gasteiger partial charge in [-0.1, -0.05) is 54.1 Å². The molecule has 3 aliphatic rings. The van der Waals surface area contributed by atoms with Crippen LogP contribution in [0.25, 0.3) is 11.1 Å². The zero-order valence-electron chi connectivity index (χ0n) is 16.5. The number of halogens is 1. The molecule has 12 heteroatoms. The monoisotopic (exact) mass is 393 g/mol. The number of aromatic nitrogens is 2. The predicted molar refractivity (Wildman–Crippen MR) is 133 cm³/mol. The molecule has 29 heavy (non-hydrogen) atoms. The molecule has 6 rings (SSSR count). The predicted octanol–water partition coefficient (Wildman–Crippen LogP) is -0.0335. The maximum Gasteiger partial charge on any atom is 0.241 e. The van der Waals surface area contributed by atoms with Crippen molar-refractivity contribution in [3.63, 3.8) is 0 Å². The summed E-state index contributed by atoms with van der Waals surface area (Å²) >= 11 is 6.09. The van der Waals surface area contributed by atoms with Gasteiger partial charge in [0.1, 0.15) is 35.0 Å². The summed E-state index contributed by atoms with van der Waals surface area (Å²) in [7, 11) is 6.38. The van der Waals surface area contributed by atoms with E-state index in [0.717, 1.165) is 34.5 Å². The zero-order valence-corrected chi connectivity index (χ0v) is 17.3. The lowest BCUT2D eigenvalue weighted by Crippen LogP contribution is -2.73. The molecule has 0 aliphatic carbocycles. The van der Waals surface area contributed by atoms with Gasteiger partial charge in [-0.3, -0.25) is 4.68 Å². The Hall–Kier alpha value is -1.85. The minimum atomic E-state index is 0.512. The first-order valence-corrected chi connectivity index (χ1v) is 10.8. The molecule has 1 aromatic heterocycles. The lowest BCUT2D eigenvalue weighted by atomic mass is 8.67. The van der Waals surface area contributed by atoms with Gasteiger partial charge in [0.05, 0.1) is 19.7 Å². The highest BCUT2D eigenvalue weighted by Gasteiger charge is 2.41. The molecular formula is C17H19B7ClN3O. The summed E-state index contributed by atoms with van der Waals surface area (Å²) in [5.41, 5.74) is 3.25. The van der Waals surface area contributed by atoms with E-state index in [1.54, 1.807) is 0 Å². The van der Waals surface area contributed by atoms with E-state index in [9.17, 15) is 0 Å². The SMILES string of the molecule is Clc1ccc(-c2cn(CB3BN4BBB3BB4)nc2OCc2ccccc2)cc1. The number of hydrogen-bond donors (Lipinski definition) is 0. The van der Waals surface area contributed by atoms with Crippen molar-refractivity contribution in [2.75, 3.05) is 0 Å². The normalized spacial score (nSPS) is 15.1. The van der Waals surface area contributed by atoms with E-state index < -0.39 is 0 Å². The van der Waals surface area contributed by atoms with Crippen LogP contribution in [0.4, 0.5) is 0 Å². The summed E-state index contributed by atoms with van der Waals surface area (Å²) < 4.78 is 10.9. The molecule has 3 saturated heterocycles. The summed E-state index contributed by atoms with van der Waals surface area (Å²) in [5.74, 6) is 0.692. The quantitative estimate of drug-likeness (QED) is 0.552. The van der Waals surface area contributed by atoms with Crippen LogP contribution >= 0.6 is 11.6 Å². The van der Waals surface area contributed by atoms with Gasteiger partial charge < -0.3 is 9.37 Å². The molecule has 0 atom stereocenters. The number of ether oxygens (including phenoxy) is 1. The van der Waals surface area contributed by atoms with Crippen molar-refractivity contribution in [3.05, 3.63) is 71.4 Å². The first-order chi connectivity index (χ1) is 14.2. The van der Waals surface area contributed by atoms with Crippen LogP contribution in [0, 0.1) is 0 Å². The van der Waals surface area contributed by atoms with E-state index in [-0.39, 0.29) is 0 Å². The third-order valence-corrected chi connectivity index (χ3v) is 6.57. The van der Waals surface area contributed by atoms with E-state index >= 15 is 0 Å². The van der Waals surface area contributed by atoms with E-state index in [4.69, 9.17) is 21.4 Å². The molecule has 3 aliphatic heterocycles. The number of fused-ring (bicyclic) bond motifs is 3. The van der Waals surface area contributed by atoms with Crippen molar-refractivity contribution < 1.29 is 4.74 Å². The van der Waals surface area contributed by atoms with Crippen LogP contribution in [0.5, 0.6) is 5.88 Å². The van der Waals surface area contributed by atoms with Gasteiger partial charge in [-0.15, -0.1) is 5.10 Å². The lowest BCUT2D eigenvalue weighted by molar-refractivity contribution is 0.291. The van der Waals surface area contributed by atoms with Crippen LogP contribution in [0.2, 0.25) is 5.02 Å². The van der Waals surface area contributed by atoms with Crippen molar-refractivity contribution in [1.29, 1.82) is 0 Å². The fourth-order valence-electron chi connectivity index (χ4n) is 4.69. The van der Waals surface area contributed by atoms with Crippen LogP contribution in [-0.2, 0) is 13.1 Å². The Bertz CT molecular complexity index is 967. The highest BCUT2D eigenvalue weighted by molar-refractivity contribution is 7.87. The highest BCUT2D eigenvalue weighted by atomic mass is 35.5. The standard InChI is InChI=1S/C17H19B7ClN3O/c25-15-8-6-14(7-9-15)16-10-27(12-23-22-28-20-18-24(23)19-21-28)26-17(16)29-11-13-4-2-1-3-5-13/h1-10,18-22H,11-12H2. The Balaban J connectivity index is 1.39. The maximum absolute atomic E-state index is 6.16. The third-order valence-electron chi connectivity index (χ3n) is 6.31. The Morgan fingerprint density at radius 2 is 1.76 bits per heavy atom. The van der Waals surface area contributed by atoms with E-state index in [1.165, 1.54) is 36.0 Å². The minimum Gasteiger partial charge on any atom is -0.471 e. The van der Waals surface area contributed by atoms with Crippen LogP contribution in [0.15, 0.2) is 60.8 Å². The molecule has 0 spiro atoms. The summed E-state index contributed by atoms with van der Waals surface area (Å²) in [6, 6.07) is 18.1.